The topological polar surface area (TPSA) is 118 Å². The van der Waals surface area contributed by atoms with Gasteiger partial charge in [0.1, 0.15) is 17.1 Å². The van der Waals surface area contributed by atoms with E-state index in [1.807, 2.05) is 38.1 Å². The van der Waals surface area contributed by atoms with Crippen LogP contribution in [0.15, 0.2) is 66.0 Å². The molecule has 5 aromatic rings. The van der Waals surface area contributed by atoms with Gasteiger partial charge in [0, 0.05) is 55.4 Å². The Morgan fingerprint density at radius 2 is 1.95 bits per heavy atom. The van der Waals surface area contributed by atoms with Crippen LogP contribution in [0.2, 0.25) is 0 Å². The number of nitrogens with zero attached hydrogens (tertiary/aromatic N) is 9. The predicted octanol–water partition coefficient (Wildman–Crippen LogP) is 3.22. The Morgan fingerprint density at radius 3 is 2.81 bits per heavy atom. The van der Waals surface area contributed by atoms with Crippen LogP contribution in [0.1, 0.15) is 30.4 Å². The molecule has 0 unspecified atom stereocenters. The van der Waals surface area contributed by atoms with Crippen LogP contribution >= 0.6 is 0 Å². The molecule has 11 nitrogen and oxygen atoms in total. The lowest BCUT2D eigenvalue weighted by atomic mass is 10.1. The summed E-state index contributed by atoms with van der Waals surface area (Å²) in [6, 6.07) is 11.3. The number of fused-ring (bicyclic) bond motifs is 1. The normalized spacial score (nSPS) is 15.4. The van der Waals surface area contributed by atoms with E-state index in [0.717, 1.165) is 48.8 Å². The Labute approximate surface area is 243 Å². The standard InChI is InChI=1S/C31H31N9O2/c1-21-11-14-37(24-19-26(35-33-20-24)25-7-4-5-8-27(25)41)15-17-39(21)29-10-12-32-28(34-29)9-6-13-38-16-18-40-30(31(38)42)22(2)23(3)36-40/h4-5,7-8,10,12,16,18-21,41H,11,13-15,17H2,1-3H3/t21-/m1/s1. The van der Waals surface area contributed by atoms with Gasteiger partial charge in [0.25, 0.3) is 5.56 Å². The Kier molecular flexibility index (Phi) is 7.27. The Hall–Kier alpha value is -5.24. The van der Waals surface area contributed by atoms with E-state index in [-0.39, 0.29) is 23.9 Å². The van der Waals surface area contributed by atoms with Crippen LogP contribution in [0.3, 0.4) is 0 Å². The van der Waals surface area contributed by atoms with Crippen LogP contribution < -0.4 is 15.4 Å². The predicted molar refractivity (Wildman–Crippen MR) is 161 cm³/mol. The molecule has 0 bridgehead atoms. The third-order valence-corrected chi connectivity index (χ3v) is 7.77. The fraction of sp³-hybridized carbons (Fsp3) is 0.290. The van der Waals surface area contributed by atoms with Gasteiger partial charge in [0.2, 0.25) is 5.82 Å². The van der Waals surface area contributed by atoms with E-state index in [9.17, 15) is 9.90 Å². The molecule has 1 aromatic carbocycles. The van der Waals surface area contributed by atoms with Crippen molar-refractivity contribution in [3.63, 3.8) is 0 Å². The number of benzene rings is 1. The van der Waals surface area contributed by atoms with Crippen molar-refractivity contribution in [2.24, 2.45) is 0 Å². The van der Waals surface area contributed by atoms with Gasteiger partial charge < -0.3 is 19.5 Å². The zero-order valence-corrected chi connectivity index (χ0v) is 23.8. The maximum absolute atomic E-state index is 12.9. The number of para-hydroxylation sites is 1. The maximum atomic E-state index is 12.9. The summed E-state index contributed by atoms with van der Waals surface area (Å²) in [4.78, 5) is 26.6. The van der Waals surface area contributed by atoms with Crippen molar-refractivity contribution in [1.29, 1.82) is 0 Å². The molecule has 212 valence electrons. The second kappa shape index (κ2) is 11.3. The molecule has 0 saturated carbocycles. The molecule has 1 fully saturated rings. The molecule has 11 heteroatoms. The number of aryl methyl sites for hydroxylation is 2. The van der Waals surface area contributed by atoms with Crippen LogP contribution in [0.5, 0.6) is 5.75 Å². The van der Waals surface area contributed by atoms with Gasteiger partial charge in [0.05, 0.1) is 29.8 Å². The van der Waals surface area contributed by atoms with Crippen molar-refractivity contribution in [3.8, 4) is 28.8 Å². The van der Waals surface area contributed by atoms with Crippen LogP contribution in [-0.2, 0) is 6.54 Å². The molecule has 0 aliphatic carbocycles. The second-order valence-corrected chi connectivity index (χ2v) is 10.4. The molecule has 1 saturated heterocycles. The fourth-order valence-corrected chi connectivity index (χ4v) is 5.25. The molecule has 0 amide bonds. The summed E-state index contributed by atoms with van der Waals surface area (Å²) in [7, 11) is 0. The molecule has 4 aromatic heterocycles. The lowest BCUT2D eigenvalue weighted by Gasteiger charge is -2.27. The first-order valence-corrected chi connectivity index (χ1v) is 13.9. The van der Waals surface area contributed by atoms with Gasteiger partial charge in [-0.1, -0.05) is 18.1 Å². The third kappa shape index (κ3) is 5.26. The van der Waals surface area contributed by atoms with Crippen LogP contribution in [-0.4, -0.2) is 65.1 Å². The smallest absolute Gasteiger partial charge is 0.277 e. The van der Waals surface area contributed by atoms with Gasteiger partial charge in [-0.2, -0.15) is 15.3 Å². The quantitative estimate of drug-likeness (QED) is 0.330. The first-order chi connectivity index (χ1) is 20.4. The molecular weight excluding hydrogens is 530 g/mol. The maximum Gasteiger partial charge on any atom is 0.277 e. The number of phenolic OH excluding ortho intramolecular Hbond substituents is 1. The number of hydrogen-bond donors (Lipinski definition) is 1. The zero-order valence-electron chi connectivity index (χ0n) is 23.8. The average molecular weight is 562 g/mol. The summed E-state index contributed by atoms with van der Waals surface area (Å²) in [5.41, 5.74) is 4.40. The van der Waals surface area contributed by atoms with Gasteiger partial charge in [-0.3, -0.25) is 4.79 Å². The van der Waals surface area contributed by atoms with Gasteiger partial charge in [-0.05, 0) is 57.4 Å². The van der Waals surface area contributed by atoms with Crippen molar-refractivity contribution < 1.29 is 5.11 Å². The molecule has 1 aliphatic rings. The summed E-state index contributed by atoms with van der Waals surface area (Å²) in [6.07, 6.45) is 7.87. The van der Waals surface area contributed by atoms with E-state index < -0.39 is 0 Å². The fourth-order valence-electron chi connectivity index (χ4n) is 5.25. The largest absolute Gasteiger partial charge is 0.507 e. The number of hydrogen-bond acceptors (Lipinski definition) is 9. The van der Waals surface area contributed by atoms with Gasteiger partial charge >= 0.3 is 0 Å². The second-order valence-electron chi connectivity index (χ2n) is 10.4. The van der Waals surface area contributed by atoms with Crippen molar-refractivity contribution in [2.45, 2.75) is 39.8 Å². The summed E-state index contributed by atoms with van der Waals surface area (Å²) in [6.45, 7) is 8.57. The average Bonchev–Trinajstić information content (AvgIpc) is 3.16. The Morgan fingerprint density at radius 1 is 1.10 bits per heavy atom. The molecule has 5 heterocycles. The first-order valence-electron chi connectivity index (χ1n) is 13.9. The number of aromatic nitrogens is 7. The van der Waals surface area contributed by atoms with Crippen molar-refractivity contribution in [3.05, 3.63) is 88.6 Å². The van der Waals surface area contributed by atoms with Gasteiger partial charge in [0.15, 0.2) is 0 Å². The Balaban J connectivity index is 1.17. The van der Waals surface area contributed by atoms with Crippen LogP contribution in [0.4, 0.5) is 11.5 Å². The van der Waals surface area contributed by atoms with E-state index in [1.165, 1.54) is 0 Å². The van der Waals surface area contributed by atoms with E-state index in [2.05, 4.69) is 48.8 Å². The lowest BCUT2D eigenvalue weighted by Crippen LogP contribution is -2.35. The summed E-state index contributed by atoms with van der Waals surface area (Å²) >= 11 is 0. The minimum atomic E-state index is -0.125. The van der Waals surface area contributed by atoms with Crippen molar-refractivity contribution in [2.75, 3.05) is 29.4 Å². The zero-order chi connectivity index (χ0) is 29.2. The van der Waals surface area contributed by atoms with E-state index >= 15 is 0 Å². The highest BCUT2D eigenvalue weighted by Crippen LogP contribution is 2.29. The number of anilines is 2. The molecule has 42 heavy (non-hydrogen) atoms. The number of rotatable bonds is 4. The monoisotopic (exact) mass is 561 g/mol. The van der Waals surface area contributed by atoms with E-state index in [4.69, 9.17) is 4.98 Å². The third-order valence-electron chi connectivity index (χ3n) is 7.77. The minimum absolute atomic E-state index is 0.125. The highest BCUT2D eigenvalue weighted by atomic mass is 16.3. The molecule has 1 N–H and O–H groups in total. The van der Waals surface area contributed by atoms with E-state index in [0.29, 0.717) is 22.6 Å². The van der Waals surface area contributed by atoms with Gasteiger partial charge in [-0.15, -0.1) is 0 Å². The minimum Gasteiger partial charge on any atom is -0.507 e. The highest BCUT2D eigenvalue weighted by Gasteiger charge is 2.23. The molecule has 0 spiro atoms. The summed E-state index contributed by atoms with van der Waals surface area (Å²) < 4.78 is 3.19. The summed E-state index contributed by atoms with van der Waals surface area (Å²) in [5.74, 6) is 7.50. The number of phenols is 1. The lowest BCUT2D eigenvalue weighted by molar-refractivity contribution is 0.477. The summed E-state index contributed by atoms with van der Waals surface area (Å²) in [5, 5.41) is 23.1. The first kappa shape index (κ1) is 27.0. The molecule has 6 rings (SSSR count). The SMILES string of the molecule is Cc1nn2ccn(CC#Cc3nccc(N4CCN(c5cnnc(-c6ccccc6O)c5)CC[C@H]4C)n3)c(=O)c2c1C. The molecule has 1 aliphatic heterocycles. The van der Waals surface area contributed by atoms with Crippen molar-refractivity contribution in [1.82, 2.24) is 34.3 Å². The number of aromatic hydroxyl groups is 1. The highest BCUT2D eigenvalue weighted by molar-refractivity contribution is 5.69. The van der Waals surface area contributed by atoms with Crippen molar-refractivity contribution >= 4 is 17.0 Å². The molecule has 0 radical (unpaired) electrons. The van der Waals surface area contributed by atoms with E-state index in [1.54, 1.807) is 46.0 Å². The molecular formula is C31H31N9O2. The molecule has 1 atom stereocenters. The van der Waals surface area contributed by atoms with Crippen LogP contribution in [0, 0.1) is 25.7 Å². The van der Waals surface area contributed by atoms with Crippen LogP contribution in [0.25, 0.3) is 16.8 Å². The Bertz CT molecular complexity index is 1890. The van der Waals surface area contributed by atoms with Gasteiger partial charge in [-0.25, -0.2) is 14.5 Å².